The van der Waals surface area contributed by atoms with Gasteiger partial charge in [-0.15, -0.1) is 0 Å². The zero-order chi connectivity index (χ0) is 15.2. The van der Waals surface area contributed by atoms with Crippen LogP contribution in [0.5, 0.6) is 0 Å². The lowest BCUT2D eigenvalue weighted by Gasteiger charge is -2.39. The highest BCUT2D eigenvalue weighted by atomic mass is 16.2. The van der Waals surface area contributed by atoms with Crippen molar-refractivity contribution in [3.8, 4) is 0 Å². The molecule has 2 saturated heterocycles. The smallest absolute Gasteiger partial charge is 0.239 e. The Balaban J connectivity index is 1.80. The van der Waals surface area contributed by atoms with Crippen LogP contribution < -0.4 is 0 Å². The molecular formula is C17H33N3O. The van der Waals surface area contributed by atoms with E-state index in [1.54, 1.807) is 0 Å². The second-order valence-electron chi connectivity index (χ2n) is 7.15. The fourth-order valence-corrected chi connectivity index (χ4v) is 3.56. The number of hydrogen-bond acceptors (Lipinski definition) is 3. The second kappa shape index (κ2) is 8.14. The third kappa shape index (κ3) is 4.96. The van der Waals surface area contributed by atoms with Gasteiger partial charge in [-0.3, -0.25) is 9.69 Å². The molecule has 0 aromatic carbocycles. The van der Waals surface area contributed by atoms with Crippen LogP contribution in [-0.2, 0) is 4.79 Å². The van der Waals surface area contributed by atoms with Crippen molar-refractivity contribution in [3.63, 3.8) is 0 Å². The molecule has 2 aliphatic rings. The highest BCUT2D eigenvalue weighted by Gasteiger charge is 2.28. The molecule has 4 heteroatoms. The molecule has 0 N–H and O–H groups in total. The first-order valence-electron chi connectivity index (χ1n) is 8.83. The Morgan fingerprint density at radius 1 is 0.857 bits per heavy atom. The minimum atomic E-state index is 0.0595. The number of amides is 1. The van der Waals surface area contributed by atoms with Gasteiger partial charge in [0.2, 0.25) is 5.91 Å². The molecule has 0 aliphatic carbocycles. The minimum Gasteiger partial charge on any atom is -0.341 e. The van der Waals surface area contributed by atoms with Gasteiger partial charge in [-0.1, -0.05) is 26.7 Å². The first kappa shape index (κ1) is 16.8. The maximum Gasteiger partial charge on any atom is 0.239 e. The lowest BCUT2D eigenvalue weighted by molar-refractivity contribution is -0.137. The maximum atomic E-state index is 12.7. The molecule has 0 aromatic rings. The first-order chi connectivity index (χ1) is 10.1. The van der Waals surface area contributed by atoms with E-state index in [4.69, 9.17) is 0 Å². The molecule has 0 bridgehead atoms. The summed E-state index contributed by atoms with van der Waals surface area (Å²) in [5.41, 5.74) is 0. The predicted octanol–water partition coefficient (Wildman–Crippen LogP) is 2.05. The molecule has 1 unspecified atom stereocenters. The SMILES string of the molecule is CC(C)CN1CCN(C(C)C(=O)N2CCCCCC2)CC1. The summed E-state index contributed by atoms with van der Waals surface area (Å²) in [6, 6.07) is 0.0595. The van der Waals surface area contributed by atoms with Crippen molar-refractivity contribution >= 4 is 5.91 Å². The van der Waals surface area contributed by atoms with E-state index in [2.05, 4.69) is 35.5 Å². The van der Waals surface area contributed by atoms with Gasteiger partial charge >= 0.3 is 0 Å². The summed E-state index contributed by atoms with van der Waals surface area (Å²) in [6.07, 6.45) is 4.93. The quantitative estimate of drug-likeness (QED) is 0.794. The Morgan fingerprint density at radius 3 is 1.95 bits per heavy atom. The Morgan fingerprint density at radius 2 is 1.43 bits per heavy atom. The summed E-state index contributed by atoms with van der Waals surface area (Å²) in [4.78, 5) is 19.7. The molecule has 122 valence electrons. The molecule has 0 radical (unpaired) electrons. The van der Waals surface area contributed by atoms with E-state index >= 15 is 0 Å². The van der Waals surface area contributed by atoms with Crippen LogP contribution in [0.2, 0.25) is 0 Å². The highest BCUT2D eigenvalue weighted by Crippen LogP contribution is 2.14. The number of carbonyl (C=O) groups is 1. The Kier molecular flexibility index (Phi) is 6.49. The number of nitrogens with zero attached hydrogens (tertiary/aromatic N) is 3. The van der Waals surface area contributed by atoms with Crippen LogP contribution in [0.25, 0.3) is 0 Å². The maximum absolute atomic E-state index is 12.7. The van der Waals surface area contributed by atoms with Crippen LogP contribution >= 0.6 is 0 Å². The van der Waals surface area contributed by atoms with Crippen molar-refractivity contribution in [2.24, 2.45) is 5.92 Å². The fraction of sp³-hybridized carbons (Fsp3) is 0.941. The van der Waals surface area contributed by atoms with Crippen molar-refractivity contribution in [3.05, 3.63) is 0 Å². The van der Waals surface area contributed by atoms with Crippen LogP contribution in [0.1, 0.15) is 46.5 Å². The van der Waals surface area contributed by atoms with Gasteiger partial charge in [0.15, 0.2) is 0 Å². The first-order valence-corrected chi connectivity index (χ1v) is 8.83. The topological polar surface area (TPSA) is 26.8 Å². The largest absolute Gasteiger partial charge is 0.341 e. The van der Waals surface area contributed by atoms with Crippen LogP contribution in [0, 0.1) is 5.92 Å². The number of hydrogen-bond donors (Lipinski definition) is 0. The molecule has 1 atom stereocenters. The standard InChI is InChI=1S/C17H33N3O/c1-15(2)14-18-10-12-19(13-11-18)16(3)17(21)20-8-6-4-5-7-9-20/h15-16H,4-14H2,1-3H3. The van der Waals surface area contributed by atoms with Gasteiger partial charge in [-0.05, 0) is 25.7 Å². The molecular weight excluding hydrogens is 262 g/mol. The number of likely N-dealkylation sites (tertiary alicyclic amines) is 1. The van der Waals surface area contributed by atoms with Gasteiger partial charge in [-0.2, -0.15) is 0 Å². The highest BCUT2D eigenvalue weighted by molar-refractivity contribution is 5.81. The van der Waals surface area contributed by atoms with Gasteiger partial charge in [-0.25, -0.2) is 0 Å². The van der Waals surface area contributed by atoms with E-state index in [0.717, 1.165) is 45.2 Å². The Hall–Kier alpha value is -0.610. The van der Waals surface area contributed by atoms with Gasteiger partial charge in [0.25, 0.3) is 0 Å². The van der Waals surface area contributed by atoms with Gasteiger partial charge in [0, 0.05) is 45.8 Å². The molecule has 21 heavy (non-hydrogen) atoms. The molecule has 0 spiro atoms. The summed E-state index contributed by atoms with van der Waals surface area (Å²) in [7, 11) is 0. The third-order valence-electron chi connectivity index (χ3n) is 4.85. The van der Waals surface area contributed by atoms with Crippen LogP contribution in [0.15, 0.2) is 0 Å². The zero-order valence-corrected chi connectivity index (χ0v) is 14.2. The summed E-state index contributed by atoms with van der Waals surface area (Å²) in [5, 5.41) is 0. The molecule has 2 heterocycles. The van der Waals surface area contributed by atoms with Crippen molar-refractivity contribution in [1.29, 1.82) is 0 Å². The molecule has 1 amide bonds. The van der Waals surface area contributed by atoms with E-state index in [9.17, 15) is 4.79 Å². The normalized spacial score (nSPS) is 24.1. The van der Waals surface area contributed by atoms with Crippen LogP contribution in [0.3, 0.4) is 0 Å². The number of piperazine rings is 1. The Labute approximate surface area is 130 Å². The van der Waals surface area contributed by atoms with Crippen molar-refractivity contribution < 1.29 is 4.79 Å². The van der Waals surface area contributed by atoms with Gasteiger partial charge in [0.1, 0.15) is 0 Å². The lowest BCUT2D eigenvalue weighted by atomic mass is 10.1. The van der Waals surface area contributed by atoms with E-state index in [0.29, 0.717) is 5.91 Å². The summed E-state index contributed by atoms with van der Waals surface area (Å²) in [6.45, 7) is 14.1. The summed E-state index contributed by atoms with van der Waals surface area (Å²) >= 11 is 0. The predicted molar refractivity (Wildman–Crippen MR) is 87.4 cm³/mol. The number of rotatable bonds is 4. The average molecular weight is 295 g/mol. The molecule has 0 aromatic heterocycles. The fourth-order valence-electron chi connectivity index (χ4n) is 3.56. The average Bonchev–Trinajstić information content (AvgIpc) is 2.75. The Bertz CT molecular complexity index is 316. The van der Waals surface area contributed by atoms with Crippen LogP contribution in [0.4, 0.5) is 0 Å². The summed E-state index contributed by atoms with van der Waals surface area (Å²) < 4.78 is 0. The number of carbonyl (C=O) groups excluding carboxylic acids is 1. The lowest BCUT2D eigenvalue weighted by Crippen LogP contribution is -2.55. The minimum absolute atomic E-state index is 0.0595. The zero-order valence-electron chi connectivity index (χ0n) is 14.2. The van der Waals surface area contributed by atoms with Crippen molar-refractivity contribution in [2.45, 2.75) is 52.5 Å². The summed E-state index contributed by atoms with van der Waals surface area (Å²) in [5.74, 6) is 1.09. The monoisotopic (exact) mass is 295 g/mol. The van der Waals surface area contributed by atoms with E-state index < -0.39 is 0 Å². The molecule has 0 saturated carbocycles. The van der Waals surface area contributed by atoms with E-state index in [1.165, 1.54) is 32.2 Å². The third-order valence-corrected chi connectivity index (χ3v) is 4.85. The molecule has 2 rings (SSSR count). The molecule has 4 nitrogen and oxygen atoms in total. The van der Waals surface area contributed by atoms with Gasteiger partial charge in [0.05, 0.1) is 6.04 Å². The molecule has 2 fully saturated rings. The van der Waals surface area contributed by atoms with E-state index in [1.807, 2.05) is 0 Å². The van der Waals surface area contributed by atoms with Crippen molar-refractivity contribution in [2.75, 3.05) is 45.8 Å². The van der Waals surface area contributed by atoms with Gasteiger partial charge < -0.3 is 9.80 Å². The van der Waals surface area contributed by atoms with Crippen LogP contribution in [-0.4, -0.2) is 72.5 Å². The van der Waals surface area contributed by atoms with Crippen molar-refractivity contribution in [1.82, 2.24) is 14.7 Å². The van der Waals surface area contributed by atoms with E-state index in [-0.39, 0.29) is 6.04 Å². The molecule has 2 aliphatic heterocycles. The second-order valence-corrected chi connectivity index (χ2v) is 7.15.